The van der Waals surface area contributed by atoms with Gasteiger partial charge in [-0.2, -0.15) is 0 Å². The maximum absolute atomic E-state index is 12.7. The standard InChI is InChI=1S/C23H26BrN3O5S/c1-26-7-9-27(10-8-26)13-17-19(24)15-6-5-14-12-16(23(29)31-20(14)21(15)33-17)22(28)25-32-18-4-2-3-11-30-18/h5-6,12,18H,2-4,7-11,13H2,1H3,(H,25,28). The monoisotopic (exact) mass is 535 g/mol. The van der Waals surface area contributed by atoms with Crippen molar-refractivity contribution in [3.8, 4) is 0 Å². The van der Waals surface area contributed by atoms with E-state index in [0.717, 1.165) is 60.1 Å². The SMILES string of the molecule is CN1CCN(Cc2sc3c(ccc4cc(C(=O)NOC5CCCCO5)c(=O)oc43)c2Br)CC1. The summed E-state index contributed by atoms with van der Waals surface area (Å²) in [5.41, 5.74) is 2.06. The van der Waals surface area contributed by atoms with Crippen molar-refractivity contribution in [3.05, 3.63) is 43.5 Å². The maximum atomic E-state index is 12.7. The van der Waals surface area contributed by atoms with Crippen molar-refractivity contribution in [1.29, 1.82) is 0 Å². The first-order valence-corrected chi connectivity index (χ1v) is 12.8. The van der Waals surface area contributed by atoms with Crippen LogP contribution in [-0.4, -0.2) is 61.8 Å². The van der Waals surface area contributed by atoms with Gasteiger partial charge in [-0.3, -0.25) is 9.69 Å². The predicted octanol–water partition coefficient (Wildman–Crippen LogP) is 3.71. The van der Waals surface area contributed by atoms with Gasteiger partial charge in [-0.1, -0.05) is 12.1 Å². The first kappa shape index (κ1) is 22.9. The van der Waals surface area contributed by atoms with Gasteiger partial charge in [0.15, 0.2) is 11.9 Å². The Morgan fingerprint density at radius 3 is 2.85 bits per heavy atom. The molecule has 0 spiro atoms. The third-order valence-electron chi connectivity index (χ3n) is 6.19. The minimum absolute atomic E-state index is 0.0917. The minimum Gasteiger partial charge on any atom is -0.421 e. The number of carbonyl (C=O) groups is 1. The third kappa shape index (κ3) is 4.87. The van der Waals surface area contributed by atoms with E-state index >= 15 is 0 Å². The first-order chi connectivity index (χ1) is 16.0. The quantitative estimate of drug-likeness (QED) is 0.393. The van der Waals surface area contributed by atoms with Gasteiger partial charge in [-0.25, -0.2) is 15.1 Å². The van der Waals surface area contributed by atoms with Gasteiger partial charge in [0.05, 0.1) is 4.70 Å². The largest absolute Gasteiger partial charge is 0.421 e. The molecule has 33 heavy (non-hydrogen) atoms. The molecule has 3 aromatic rings. The number of amides is 1. The molecule has 10 heteroatoms. The molecule has 1 atom stereocenters. The topological polar surface area (TPSA) is 84.3 Å². The zero-order valence-electron chi connectivity index (χ0n) is 18.4. The zero-order chi connectivity index (χ0) is 22.9. The summed E-state index contributed by atoms with van der Waals surface area (Å²) in [4.78, 5) is 36.5. The van der Waals surface area contributed by atoms with E-state index in [1.165, 1.54) is 4.88 Å². The molecule has 2 aliphatic heterocycles. The number of rotatable bonds is 5. The summed E-state index contributed by atoms with van der Waals surface area (Å²) >= 11 is 5.38. The van der Waals surface area contributed by atoms with E-state index < -0.39 is 17.8 Å². The lowest BCUT2D eigenvalue weighted by Gasteiger charge is -2.32. The molecule has 5 rings (SSSR count). The molecule has 0 saturated carbocycles. The zero-order valence-corrected chi connectivity index (χ0v) is 20.8. The van der Waals surface area contributed by atoms with Crippen LogP contribution in [0.25, 0.3) is 21.1 Å². The molecule has 0 radical (unpaired) electrons. The Labute approximate surface area is 203 Å². The van der Waals surface area contributed by atoms with Crippen LogP contribution in [0.4, 0.5) is 0 Å². The molecule has 2 saturated heterocycles. The summed E-state index contributed by atoms with van der Waals surface area (Å²) in [7, 11) is 2.14. The van der Waals surface area contributed by atoms with Gasteiger partial charge in [0.25, 0.3) is 5.91 Å². The molecule has 0 aliphatic carbocycles. The molecular formula is C23H26BrN3O5S. The highest BCUT2D eigenvalue weighted by molar-refractivity contribution is 9.10. The molecule has 8 nitrogen and oxygen atoms in total. The molecule has 1 aromatic carbocycles. The fraction of sp³-hybridized carbons (Fsp3) is 0.478. The highest BCUT2D eigenvalue weighted by Crippen LogP contribution is 2.40. The summed E-state index contributed by atoms with van der Waals surface area (Å²) in [6, 6.07) is 5.44. The van der Waals surface area contributed by atoms with Crippen molar-refractivity contribution in [1.82, 2.24) is 15.3 Å². The number of fused-ring (bicyclic) bond motifs is 3. The lowest BCUT2D eigenvalue weighted by atomic mass is 10.1. The molecule has 0 bridgehead atoms. The number of benzene rings is 1. The van der Waals surface area contributed by atoms with Gasteiger partial charge in [0, 0.05) is 65.9 Å². The fourth-order valence-electron chi connectivity index (χ4n) is 4.20. The summed E-state index contributed by atoms with van der Waals surface area (Å²) in [6.07, 6.45) is 2.17. The maximum Gasteiger partial charge on any atom is 0.349 e. The lowest BCUT2D eigenvalue weighted by Crippen LogP contribution is -2.43. The Morgan fingerprint density at radius 1 is 1.27 bits per heavy atom. The van der Waals surface area contributed by atoms with E-state index in [9.17, 15) is 9.59 Å². The van der Waals surface area contributed by atoms with Crippen molar-refractivity contribution in [2.75, 3.05) is 39.8 Å². The number of hydrogen-bond donors (Lipinski definition) is 1. The van der Waals surface area contributed by atoms with E-state index in [0.29, 0.717) is 24.0 Å². The van der Waals surface area contributed by atoms with E-state index in [2.05, 4.69) is 38.3 Å². The normalized spacial score (nSPS) is 20.5. The number of nitrogens with zero attached hydrogens (tertiary/aromatic N) is 2. The molecule has 1 N–H and O–H groups in total. The summed E-state index contributed by atoms with van der Waals surface area (Å²) < 4.78 is 13.0. The van der Waals surface area contributed by atoms with E-state index in [1.54, 1.807) is 17.4 Å². The number of hydroxylamine groups is 1. The Kier molecular flexibility index (Phi) is 6.82. The second-order valence-electron chi connectivity index (χ2n) is 8.57. The number of hydrogen-bond acceptors (Lipinski definition) is 8. The van der Waals surface area contributed by atoms with E-state index in [1.807, 2.05) is 12.1 Å². The number of thiophene rings is 1. The van der Waals surface area contributed by atoms with Crippen molar-refractivity contribution in [2.24, 2.45) is 0 Å². The van der Waals surface area contributed by atoms with Crippen LogP contribution in [0.5, 0.6) is 0 Å². The van der Waals surface area contributed by atoms with Crippen LogP contribution in [0.15, 0.2) is 31.9 Å². The van der Waals surface area contributed by atoms with Crippen molar-refractivity contribution in [2.45, 2.75) is 32.1 Å². The second kappa shape index (κ2) is 9.81. The highest BCUT2D eigenvalue weighted by atomic mass is 79.9. The Hall–Kier alpha value is -1.82. The molecule has 1 unspecified atom stereocenters. The minimum atomic E-state index is -0.689. The highest BCUT2D eigenvalue weighted by Gasteiger charge is 2.22. The van der Waals surface area contributed by atoms with Crippen LogP contribution < -0.4 is 11.1 Å². The molecule has 1 amide bonds. The van der Waals surface area contributed by atoms with Crippen LogP contribution in [0.1, 0.15) is 34.5 Å². The number of ether oxygens (including phenoxy) is 1. The lowest BCUT2D eigenvalue weighted by molar-refractivity contribution is -0.186. The molecular weight excluding hydrogens is 510 g/mol. The fourth-order valence-corrected chi connectivity index (χ4v) is 6.25. The van der Waals surface area contributed by atoms with Gasteiger partial charge in [0.2, 0.25) is 0 Å². The van der Waals surface area contributed by atoms with Crippen LogP contribution >= 0.6 is 27.3 Å². The summed E-state index contributed by atoms with van der Waals surface area (Å²) in [6.45, 7) is 5.62. The van der Waals surface area contributed by atoms with Gasteiger partial charge in [-0.05, 0) is 41.9 Å². The van der Waals surface area contributed by atoms with Crippen molar-refractivity contribution in [3.63, 3.8) is 0 Å². The van der Waals surface area contributed by atoms with Gasteiger partial charge in [0.1, 0.15) is 5.56 Å². The van der Waals surface area contributed by atoms with Crippen LogP contribution in [-0.2, 0) is 16.1 Å². The number of nitrogens with one attached hydrogen (secondary N) is 1. The van der Waals surface area contributed by atoms with Crippen LogP contribution in [0, 0.1) is 0 Å². The Bertz CT molecular complexity index is 1230. The Balaban J connectivity index is 1.40. The van der Waals surface area contributed by atoms with Crippen LogP contribution in [0.3, 0.4) is 0 Å². The molecule has 4 heterocycles. The van der Waals surface area contributed by atoms with Gasteiger partial charge >= 0.3 is 5.63 Å². The average Bonchev–Trinajstić information content (AvgIpc) is 3.15. The predicted molar refractivity (Wildman–Crippen MR) is 130 cm³/mol. The van der Waals surface area contributed by atoms with Crippen LogP contribution in [0.2, 0.25) is 0 Å². The first-order valence-electron chi connectivity index (χ1n) is 11.2. The second-order valence-corrected chi connectivity index (χ2v) is 10.5. The molecule has 176 valence electrons. The number of carbonyl (C=O) groups excluding carboxylic acids is 1. The number of halogens is 1. The summed E-state index contributed by atoms with van der Waals surface area (Å²) in [5, 5.41) is 1.70. The number of likely N-dealkylation sites (N-methyl/N-ethyl adjacent to an activating group) is 1. The third-order valence-corrected chi connectivity index (χ3v) is 8.55. The summed E-state index contributed by atoms with van der Waals surface area (Å²) in [5.74, 6) is -0.636. The molecule has 2 fully saturated rings. The smallest absolute Gasteiger partial charge is 0.349 e. The van der Waals surface area contributed by atoms with Crippen molar-refractivity contribution < 1.29 is 18.8 Å². The van der Waals surface area contributed by atoms with Gasteiger partial charge < -0.3 is 14.1 Å². The van der Waals surface area contributed by atoms with E-state index in [-0.39, 0.29) is 5.56 Å². The molecule has 2 aromatic heterocycles. The van der Waals surface area contributed by atoms with Crippen molar-refractivity contribution >= 4 is 54.2 Å². The number of piperazine rings is 1. The average molecular weight is 536 g/mol. The Morgan fingerprint density at radius 2 is 2.09 bits per heavy atom. The van der Waals surface area contributed by atoms with E-state index in [4.69, 9.17) is 14.0 Å². The molecule has 2 aliphatic rings. The van der Waals surface area contributed by atoms with Gasteiger partial charge in [-0.15, -0.1) is 11.3 Å².